The number of allylic oxidation sites excluding steroid dienone is 9. The maximum Gasteiger partial charge on any atom is -0.00302 e. The molecule has 0 bridgehead atoms. The van der Waals surface area contributed by atoms with Crippen LogP contribution >= 0.6 is 0 Å². The summed E-state index contributed by atoms with van der Waals surface area (Å²) in [4.78, 5) is 0. The maximum atomic E-state index is 3.93. The second kappa shape index (κ2) is 6.56. The highest BCUT2D eigenvalue weighted by molar-refractivity contribution is 5.88. The van der Waals surface area contributed by atoms with Crippen LogP contribution in [0.25, 0.3) is 5.57 Å². The van der Waals surface area contributed by atoms with Gasteiger partial charge in [0.2, 0.25) is 0 Å². The molecule has 0 amide bonds. The lowest BCUT2D eigenvalue weighted by Gasteiger charge is -2.15. The van der Waals surface area contributed by atoms with Crippen molar-refractivity contribution >= 4 is 5.57 Å². The third kappa shape index (κ3) is 2.88. The van der Waals surface area contributed by atoms with Gasteiger partial charge in [-0.3, -0.25) is 0 Å². The molecule has 2 rings (SSSR count). The van der Waals surface area contributed by atoms with Crippen LogP contribution in [0.2, 0.25) is 0 Å². The molecule has 1 aromatic carbocycles. The normalized spacial score (nSPS) is 16.1. The zero-order chi connectivity index (χ0) is 14.4. The van der Waals surface area contributed by atoms with E-state index in [1.807, 2.05) is 30.4 Å². The number of hydrogen-bond acceptors (Lipinski definition) is 0. The van der Waals surface area contributed by atoms with E-state index in [4.69, 9.17) is 0 Å². The molecule has 0 fully saturated rings. The Morgan fingerprint density at radius 2 is 2.00 bits per heavy atom. The molecule has 0 aromatic heterocycles. The van der Waals surface area contributed by atoms with Crippen LogP contribution in [0.15, 0.2) is 96.8 Å². The molecule has 1 aliphatic rings. The van der Waals surface area contributed by atoms with Crippen molar-refractivity contribution < 1.29 is 0 Å². The topological polar surface area (TPSA) is 0 Å². The van der Waals surface area contributed by atoms with Gasteiger partial charge in [-0.25, -0.2) is 0 Å². The first kappa shape index (κ1) is 13.9. The molecule has 0 atom stereocenters. The zero-order valence-corrected chi connectivity index (χ0v) is 11.8. The quantitative estimate of drug-likeness (QED) is 0.506. The Bertz CT molecular complexity index is 685. The van der Waals surface area contributed by atoms with Crippen LogP contribution in [0.1, 0.15) is 11.1 Å². The largest absolute Gasteiger partial charge is 0.120 e. The van der Waals surface area contributed by atoms with Gasteiger partial charge in [0.15, 0.2) is 0 Å². The van der Waals surface area contributed by atoms with Gasteiger partial charge in [-0.05, 0) is 46.9 Å². The van der Waals surface area contributed by atoms with E-state index >= 15 is 0 Å². The fourth-order valence-corrected chi connectivity index (χ4v) is 2.26. The zero-order valence-electron chi connectivity index (χ0n) is 11.8. The molecule has 0 heterocycles. The van der Waals surface area contributed by atoms with E-state index in [0.717, 1.165) is 16.7 Å². The number of aryl methyl sites for hydroxylation is 1. The Morgan fingerprint density at radius 3 is 2.60 bits per heavy atom. The number of benzene rings is 1. The first-order chi connectivity index (χ1) is 9.77. The molecule has 0 saturated heterocycles. The highest BCUT2D eigenvalue weighted by atomic mass is 14.1. The van der Waals surface area contributed by atoms with Gasteiger partial charge in [0.1, 0.15) is 0 Å². The Kier molecular flexibility index (Phi) is 4.55. The van der Waals surface area contributed by atoms with Crippen molar-refractivity contribution in [3.63, 3.8) is 0 Å². The molecule has 0 spiro atoms. The van der Waals surface area contributed by atoms with Crippen molar-refractivity contribution in [2.24, 2.45) is 0 Å². The van der Waals surface area contributed by atoms with E-state index in [0.29, 0.717) is 0 Å². The van der Waals surface area contributed by atoms with Gasteiger partial charge in [0.25, 0.3) is 0 Å². The lowest BCUT2D eigenvalue weighted by atomic mass is 9.89. The fraction of sp³-hybridized carbons (Fsp3) is 0.0500. The van der Waals surface area contributed by atoms with Crippen LogP contribution in [-0.4, -0.2) is 0 Å². The average molecular weight is 258 g/mol. The lowest BCUT2D eigenvalue weighted by molar-refractivity contribution is 1.40. The lowest BCUT2D eigenvalue weighted by Crippen LogP contribution is -1.95. The van der Waals surface area contributed by atoms with Gasteiger partial charge < -0.3 is 0 Å². The molecule has 0 radical (unpaired) electrons. The molecule has 0 unspecified atom stereocenters. The molecule has 1 aromatic rings. The third-order valence-electron chi connectivity index (χ3n) is 3.22. The molecular weight excluding hydrogens is 240 g/mol. The van der Waals surface area contributed by atoms with Gasteiger partial charge in [0.05, 0.1) is 0 Å². The van der Waals surface area contributed by atoms with Crippen LogP contribution in [0.5, 0.6) is 0 Å². The Hall–Kier alpha value is -2.56. The van der Waals surface area contributed by atoms with E-state index in [9.17, 15) is 0 Å². The van der Waals surface area contributed by atoms with Crippen molar-refractivity contribution in [1.82, 2.24) is 0 Å². The summed E-state index contributed by atoms with van der Waals surface area (Å²) in [6.45, 7) is 9.85. The predicted octanol–water partition coefficient (Wildman–Crippen LogP) is 5.33. The summed E-state index contributed by atoms with van der Waals surface area (Å²) < 4.78 is 0. The van der Waals surface area contributed by atoms with Crippen molar-refractivity contribution in [3.8, 4) is 0 Å². The van der Waals surface area contributed by atoms with E-state index in [1.165, 1.54) is 11.1 Å². The molecule has 20 heavy (non-hydrogen) atoms. The van der Waals surface area contributed by atoms with Gasteiger partial charge >= 0.3 is 0 Å². The van der Waals surface area contributed by atoms with E-state index in [1.54, 1.807) is 6.08 Å². The van der Waals surface area contributed by atoms with Crippen LogP contribution in [0.3, 0.4) is 0 Å². The number of hydrogen-bond donors (Lipinski definition) is 0. The summed E-state index contributed by atoms with van der Waals surface area (Å²) in [5.41, 5.74) is 8.95. The van der Waals surface area contributed by atoms with Crippen LogP contribution in [-0.2, 0) is 0 Å². The molecule has 0 N–H and O–H groups in total. The summed E-state index contributed by atoms with van der Waals surface area (Å²) in [5.74, 6) is 0. The fourth-order valence-electron chi connectivity index (χ4n) is 2.26. The monoisotopic (exact) mass is 258 g/mol. The smallest absolute Gasteiger partial charge is 0.00302 e. The molecule has 98 valence electrons. The molecular formula is C20H18. The van der Waals surface area contributed by atoms with E-state index < -0.39 is 0 Å². The highest BCUT2D eigenvalue weighted by Crippen LogP contribution is 2.31. The van der Waals surface area contributed by atoms with Crippen LogP contribution in [0, 0.1) is 6.92 Å². The first-order valence-electron chi connectivity index (χ1n) is 6.63. The Morgan fingerprint density at radius 1 is 1.20 bits per heavy atom. The minimum atomic E-state index is 1.06. The minimum Gasteiger partial charge on any atom is -0.120 e. The van der Waals surface area contributed by atoms with Crippen LogP contribution < -0.4 is 0 Å². The standard InChI is InChI=1S/C20H18/c1-4-11-17(5-2)20(18-13-7-6-8-14-18)19-15-10-9-12-16(19)3/h4-7,9-15H,1-2H2,3H3/b17-11-,20-18+. The SMILES string of the molecule is C=C/C=C(C=C)\C(=C1/C=C=CC=C1)c1ccccc1C. The summed E-state index contributed by atoms with van der Waals surface area (Å²) in [7, 11) is 0. The van der Waals surface area contributed by atoms with Gasteiger partial charge in [0, 0.05) is 0 Å². The summed E-state index contributed by atoms with van der Waals surface area (Å²) in [6, 6.07) is 8.37. The highest BCUT2D eigenvalue weighted by Gasteiger charge is 2.11. The van der Waals surface area contributed by atoms with Crippen molar-refractivity contribution in [1.29, 1.82) is 0 Å². The van der Waals surface area contributed by atoms with Gasteiger partial charge in [-0.15, -0.1) is 5.73 Å². The number of rotatable bonds is 4. The molecule has 0 aliphatic heterocycles. The average Bonchev–Trinajstić information content (AvgIpc) is 2.49. The second-order valence-electron chi connectivity index (χ2n) is 4.54. The van der Waals surface area contributed by atoms with E-state index in [-0.39, 0.29) is 0 Å². The van der Waals surface area contributed by atoms with Gasteiger partial charge in [-0.1, -0.05) is 67.8 Å². The predicted molar refractivity (Wildman–Crippen MR) is 88.4 cm³/mol. The minimum absolute atomic E-state index is 1.06. The van der Waals surface area contributed by atoms with Crippen LogP contribution in [0.4, 0.5) is 0 Å². The molecule has 0 nitrogen and oxygen atoms in total. The second-order valence-corrected chi connectivity index (χ2v) is 4.54. The van der Waals surface area contributed by atoms with Crippen molar-refractivity contribution in [3.05, 3.63) is 108 Å². The Labute approximate surface area is 121 Å². The summed E-state index contributed by atoms with van der Waals surface area (Å²) in [5, 5.41) is 0. The third-order valence-corrected chi connectivity index (χ3v) is 3.22. The summed E-state index contributed by atoms with van der Waals surface area (Å²) in [6.07, 6.45) is 13.7. The van der Waals surface area contributed by atoms with Crippen molar-refractivity contribution in [2.75, 3.05) is 0 Å². The maximum absolute atomic E-state index is 3.93. The summed E-state index contributed by atoms with van der Waals surface area (Å²) >= 11 is 0. The first-order valence-corrected chi connectivity index (χ1v) is 6.63. The van der Waals surface area contributed by atoms with Gasteiger partial charge in [-0.2, -0.15) is 0 Å². The Balaban J connectivity index is 2.75. The molecule has 0 heteroatoms. The van der Waals surface area contributed by atoms with Crippen molar-refractivity contribution in [2.45, 2.75) is 6.92 Å². The van der Waals surface area contributed by atoms with E-state index in [2.05, 4.69) is 56.2 Å². The molecule has 1 aliphatic carbocycles. The molecule has 0 saturated carbocycles.